The summed E-state index contributed by atoms with van der Waals surface area (Å²) in [5.41, 5.74) is 4.05. The third-order valence-electron chi connectivity index (χ3n) is 4.35. The number of anilines is 1. The number of benzene rings is 2. The minimum atomic E-state index is -0.0701. The van der Waals surface area contributed by atoms with Crippen LogP contribution < -0.4 is 10.1 Å². The Morgan fingerprint density at radius 3 is 2.38 bits per heavy atom. The predicted octanol–water partition coefficient (Wildman–Crippen LogP) is 4.85. The van der Waals surface area contributed by atoms with Crippen molar-refractivity contribution in [2.24, 2.45) is 0 Å². The Labute approximate surface area is 155 Å². The zero-order valence-corrected chi connectivity index (χ0v) is 15.9. The van der Waals surface area contributed by atoms with Gasteiger partial charge in [0, 0.05) is 29.4 Å². The molecule has 0 amide bonds. The summed E-state index contributed by atoms with van der Waals surface area (Å²) in [5.74, 6) is 0.878. The highest BCUT2D eigenvalue weighted by Crippen LogP contribution is 2.36. The Morgan fingerprint density at radius 1 is 1.15 bits per heavy atom. The minimum absolute atomic E-state index is 0.0701. The van der Waals surface area contributed by atoms with E-state index < -0.39 is 0 Å². The van der Waals surface area contributed by atoms with E-state index in [1.165, 1.54) is 0 Å². The monoisotopic (exact) mass is 353 g/mol. The van der Waals surface area contributed by atoms with Gasteiger partial charge in [0.15, 0.2) is 5.78 Å². The molecule has 26 heavy (non-hydrogen) atoms. The number of hydrogen-bond donors (Lipinski definition) is 2. The zero-order valence-electron chi connectivity index (χ0n) is 15.9. The summed E-state index contributed by atoms with van der Waals surface area (Å²) in [5, 5.41) is 13.5. The van der Waals surface area contributed by atoms with E-state index in [2.05, 4.69) is 5.32 Å². The largest absolute Gasteiger partial charge is 0.507 e. The standard InChI is InChI=1S/C22H27NO3/c1-5-15-14-17(22(26-7-3)19(6-2)21(15)25)10-13-20(24)16-8-11-18(23-4)12-9-16/h8-14,23,25H,5-7H2,1-4H3/b13-10+. The molecule has 2 N–H and O–H groups in total. The number of phenolic OH excluding ortho intramolecular Hbond substituents is 1. The highest BCUT2D eigenvalue weighted by atomic mass is 16.5. The number of rotatable bonds is 8. The first-order chi connectivity index (χ1) is 12.5. The van der Waals surface area contributed by atoms with E-state index in [4.69, 9.17) is 4.74 Å². The van der Waals surface area contributed by atoms with Crippen LogP contribution in [0.3, 0.4) is 0 Å². The highest BCUT2D eigenvalue weighted by Gasteiger charge is 2.16. The van der Waals surface area contributed by atoms with E-state index in [1.54, 1.807) is 24.3 Å². The van der Waals surface area contributed by atoms with Gasteiger partial charge in [0.05, 0.1) is 6.61 Å². The van der Waals surface area contributed by atoms with E-state index in [-0.39, 0.29) is 5.78 Å². The molecular formula is C22H27NO3. The quantitative estimate of drug-likeness (QED) is 0.526. The number of carbonyl (C=O) groups is 1. The summed E-state index contributed by atoms with van der Waals surface area (Å²) < 4.78 is 5.78. The normalized spacial score (nSPS) is 10.9. The first-order valence-corrected chi connectivity index (χ1v) is 9.06. The summed E-state index contributed by atoms with van der Waals surface area (Å²) in [6.45, 7) is 6.39. The van der Waals surface area contributed by atoms with Crippen LogP contribution >= 0.6 is 0 Å². The van der Waals surface area contributed by atoms with Crippen molar-refractivity contribution in [1.29, 1.82) is 0 Å². The van der Waals surface area contributed by atoms with Crippen molar-refractivity contribution in [3.63, 3.8) is 0 Å². The number of ketones is 1. The molecule has 0 atom stereocenters. The van der Waals surface area contributed by atoms with Crippen LogP contribution in [0.2, 0.25) is 0 Å². The molecule has 0 heterocycles. The number of hydrogen-bond acceptors (Lipinski definition) is 4. The molecule has 0 unspecified atom stereocenters. The summed E-state index contributed by atoms with van der Waals surface area (Å²) in [4.78, 5) is 12.5. The van der Waals surface area contributed by atoms with Crippen molar-refractivity contribution in [2.75, 3.05) is 19.0 Å². The molecule has 0 aliphatic heterocycles. The molecule has 0 bridgehead atoms. The average molecular weight is 353 g/mol. The van der Waals surface area contributed by atoms with E-state index in [9.17, 15) is 9.90 Å². The number of aryl methyl sites for hydroxylation is 1. The van der Waals surface area contributed by atoms with Gasteiger partial charge < -0.3 is 15.2 Å². The molecule has 2 aromatic carbocycles. The topological polar surface area (TPSA) is 58.6 Å². The lowest BCUT2D eigenvalue weighted by Gasteiger charge is -2.16. The number of nitrogens with one attached hydrogen (secondary N) is 1. The van der Waals surface area contributed by atoms with Gasteiger partial charge in [0.2, 0.25) is 0 Å². The second-order valence-electron chi connectivity index (χ2n) is 5.95. The third kappa shape index (κ3) is 4.26. The molecule has 2 aromatic rings. The lowest BCUT2D eigenvalue weighted by atomic mass is 9.98. The van der Waals surface area contributed by atoms with Crippen LogP contribution in [0.15, 0.2) is 36.4 Å². The lowest BCUT2D eigenvalue weighted by Crippen LogP contribution is -2.02. The Bertz CT molecular complexity index is 792. The highest BCUT2D eigenvalue weighted by molar-refractivity contribution is 6.07. The number of phenols is 1. The van der Waals surface area contributed by atoms with Gasteiger partial charge in [-0.25, -0.2) is 0 Å². The molecule has 0 radical (unpaired) electrons. The van der Waals surface area contributed by atoms with Crippen molar-refractivity contribution < 1.29 is 14.6 Å². The van der Waals surface area contributed by atoms with Crippen LogP contribution in [0.5, 0.6) is 11.5 Å². The number of ether oxygens (including phenoxy) is 1. The molecule has 0 aliphatic rings. The van der Waals surface area contributed by atoms with Crippen LogP contribution in [-0.4, -0.2) is 24.5 Å². The second-order valence-corrected chi connectivity index (χ2v) is 5.95. The summed E-state index contributed by atoms with van der Waals surface area (Å²) in [6.07, 6.45) is 4.71. The SMILES string of the molecule is CCOc1c(/C=C/C(=O)c2ccc(NC)cc2)cc(CC)c(O)c1CC. The minimum Gasteiger partial charge on any atom is -0.507 e. The molecule has 2 rings (SSSR count). The zero-order chi connectivity index (χ0) is 19.1. The Kier molecular flexibility index (Phi) is 6.84. The van der Waals surface area contributed by atoms with Crippen molar-refractivity contribution in [2.45, 2.75) is 33.6 Å². The van der Waals surface area contributed by atoms with Crippen molar-refractivity contribution in [3.05, 3.63) is 58.7 Å². The molecular weight excluding hydrogens is 326 g/mol. The van der Waals surface area contributed by atoms with Gasteiger partial charge in [-0.3, -0.25) is 4.79 Å². The average Bonchev–Trinajstić information content (AvgIpc) is 2.67. The molecule has 0 spiro atoms. The molecule has 0 aromatic heterocycles. The van der Waals surface area contributed by atoms with E-state index in [0.717, 1.165) is 22.4 Å². The number of carbonyl (C=O) groups excluding carboxylic acids is 1. The van der Waals surface area contributed by atoms with Gasteiger partial charge in [-0.2, -0.15) is 0 Å². The smallest absolute Gasteiger partial charge is 0.185 e. The third-order valence-corrected chi connectivity index (χ3v) is 4.35. The Morgan fingerprint density at radius 2 is 1.85 bits per heavy atom. The molecule has 4 nitrogen and oxygen atoms in total. The van der Waals surface area contributed by atoms with Crippen LogP contribution in [0.1, 0.15) is 47.8 Å². The summed E-state index contributed by atoms with van der Waals surface area (Å²) >= 11 is 0. The van der Waals surface area contributed by atoms with Gasteiger partial charge in [-0.1, -0.05) is 13.8 Å². The molecule has 0 fully saturated rings. The van der Waals surface area contributed by atoms with Crippen molar-refractivity contribution >= 4 is 17.5 Å². The van der Waals surface area contributed by atoms with Gasteiger partial charge >= 0.3 is 0 Å². The van der Waals surface area contributed by atoms with E-state index in [1.807, 2.05) is 46.0 Å². The summed E-state index contributed by atoms with van der Waals surface area (Å²) in [6, 6.07) is 9.24. The fourth-order valence-electron chi connectivity index (χ4n) is 2.90. The number of allylic oxidation sites excluding steroid dienone is 1. The first kappa shape index (κ1) is 19.6. The Hall–Kier alpha value is -2.75. The van der Waals surface area contributed by atoms with Crippen LogP contribution in [0, 0.1) is 0 Å². The fourth-order valence-corrected chi connectivity index (χ4v) is 2.90. The molecule has 4 heteroatoms. The number of aromatic hydroxyl groups is 1. The van der Waals surface area contributed by atoms with E-state index >= 15 is 0 Å². The first-order valence-electron chi connectivity index (χ1n) is 9.06. The maximum absolute atomic E-state index is 12.5. The fraction of sp³-hybridized carbons (Fsp3) is 0.318. The van der Waals surface area contributed by atoms with Gasteiger partial charge in [-0.15, -0.1) is 0 Å². The maximum atomic E-state index is 12.5. The molecule has 138 valence electrons. The summed E-state index contributed by atoms with van der Waals surface area (Å²) in [7, 11) is 1.84. The van der Waals surface area contributed by atoms with Gasteiger partial charge in [0.1, 0.15) is 11.5 Å². The molecule has 0 saturated heterocycles. The van der Waals surface area contributed by atoms with Crippen molar-refractivity contribution in [3.8, 4) is 11.5 Å². The van der Waals surface area contributed by atoms with Crippen LogP contribution in [0.25, 0.3) is 6.08 Å². The van der Waals surface area contributed by atoms with E-state index in [0.29, 0.717) is 36.5 Å². The molecule has 0 aliphatic carbocycles. The molecule has 0 saturated carbocycles. The predicted molar refractivity (Wildman–Crippen MR) is 107 cm³/mol. The van der Waals surface area contributed by atoms with Crippen molar-refractivity contribution in [1.82, 2.24) is 0 Å². The second kappa shape index (κ2) is 9.09. The lowest BCUT2D eigenvalue weighted by molar-refractivity contribution is 0.104. The van der Waals surface area contributed by atoms with Crippen LogP contribution in [0.4, 0.5) is 5.69 Å². The Balaban J connectivity index is 2.39. The maximum Gasteiger partial charge on any atom is 0.185 e. The van der Waals surface area contributed by atoms with Gasteiger partial charge in [0.25, 0.3) is 0 Å². The van der Waals surface area contributed by atoms with Gasteiger partial charge in [-0.05, 0) is 67.8 Å². The van der Waals surface area contributed by atoms with Crippen LogP contribution in [-0.2, 0) is 12.8 Å².